The van der Waals surface area contributed by atoms with E-state index in [0.717, 1.165) is 12.0 Å². The van der Waals surface area contributed by atoms with E-state index in [4.69, 9.17) is 0 Å². The van der Waals surface area contributed by atoms with Crippen molar-refractivity contribution in [2.75, 3.05) is 18.4 Å². The number of likely N-dealkylation sites (tertiary alicyclic amines) is 1. The second-order valence-electron chi connectivity index (χ2n) is 6.32. The quantitative estimate of drug-likeness (QED) is 0.853. The van der Waals surface area contributed by atoms with Crippen molar-refractivity contribution in [3.8, 4) is 0 Å². The normalized spacial score (nSPS) is 22.7. The summed E-state index contributed by atoms with van der Waals surface area (Å²) in [5, 5.41) is 12.3. The van der Waals surface area contributed by atoms with E-state index in [0.29, 0.717) is 25.3 Å². The van der Waals surface area contributed by atoms with Gasteiger partial charge in [0.2, 0.25) is 5.91 Å². The molecule has 2 unspecified atom stereocenters. The van der Waals surface area contributed by atoms with Gasteiger partial charge < -0.3 is 20.2 Å². The van der Waals surface area contributed by atoms with Crippen molar-refractivity contribution in [1.29, 1.82) is 0 Å². The van der Waals surface area contributed by atoms with E-state index in [1.807, 2.05) is 19.9 Å². The van der Waals surface area contributed by atoms with Gasteiger partial charge in [-0.1, -0.05) is 20.3 Å². The van der Waals surface area contributed by atoms with Crippen LogP contribution in [0.15, 0.2) is 18.5 Å². The van der Waals surface area contributed by atoms with Crippen LogP contribution in [-0.2, 0) is 11.3 Å². The number of rotatable bonds is 2. The summed E-state index contributed by atoms with van der Waals surface area (Å²) in [6, 6.07) is 1.10. The van der Waals surface area contributed by atoms with E-state index in [-0.39, 0.29) is 17.9 Å². The Morgan fingerprint density at radius 1 is 1.52 bits per heavy atom. The van der Waals surface area contributed by atoms with Crippen molar-refractivity contribution >= 4 is 17.6 Å². The lowest BCUT2D eigenvalue weighted by Gasteiger charge is -2.42. The number of nitrogens with one attached hydrogen (secondary N) is 1. The number of pyridine rings is 1. The first-order valence-corrected chi connectivity index (χ1v) is 7.98. The Balaban J connectivity index is 1.93. The third kappa shape index (κ3) is 2.88. The first-order valence-electron chi connectivity index (χ1n) is 7.98. The molecular formula is C16H22N4O3. The molecule has 2 aliphatic rings. The van der Waals surface area contributed by atoms with E-state index in [1.54, 1.807) is 22.2 Å². The molecule has 1 aromatic heterocycles. The number of carbonyl (C=O) groups excluding carboxylic acids is 2. The summed E-state index contributed by atoms with van der Waals surface area (Å²) in [4.78, 5) is 32.7. The first kappa shape index (κ1) is 15.7. The molecule has 2 atom stereocenters. The zero-order valence-electron chi connectivity index (χ0n) is 13.4. The summed E-state index contributed by atoms with van der Waals surface area (Å²) < 4.78 is 0. The summed E-state index contributed by atoms with van der Waals surface area (Å²) in [5.74, 6) is -0.145. The van der Waals surface area contributed by atoms with Crippen LogP contribution in [0, 0.1) is 5.92 Å². The van der Waals surface area contributed by atoms with Gasteiger partial charge in [-0.2, -0.15) is 0 Å². The number of hydrogen-bond donors (Lipinski definition) is 2. The molecule has 1 aromatic rings. The van der Waals surface area contributed by atoms with Crippen molar-refractivity contribution in [3.05, 3.63) is 24.0 Å². The smallest absolute Gasteiger partial charge is 0.321 e. The van der Waals surface area contributed by atoms with Crippen LogP contribution in [0.1, 0.15) is 25.8 Å². The van der Waals surface area contributed by atoms with Crippen molar-refractivity contribution in [3.63, 3.8) is 0 Å². The topological polar surface area (TPSA) is 85.8 Å². The van der Waals surface area contributed by atoms with Crippen LogP contribution in [0.3, 0.4) is 0 Å². The number of nitrogens with zero attached hydrogens (tertiary/aromatic N) is 3. The standard InChI is InChI=1S/C16H22N4O3/c1-3-10(2)14-15(22)18-13-6-17-5-4-11(13)7-20(14)16(23)19-8-12(21)9-19/h4-6,10,12,14,21H,3,7-9H2,1-2H3,(H,18,22). The van der Waals surface area contributed by atoms with Gasteiger partial charge in [-0.25, -0.2) is 4.79 Å². The van der Waals surface area contributed by atoms with E-state index in [2.05, 4.69) is 10.3 Å². The molecule has 23 heavy (non-hydrogen) atoms. The monoisotopic (exact) mass is 318 g/mol. The van der Waals surface area contributed by atoms with Gasteiger partial charge in [0.15, 0.2) is 0 Å². The fraction of sp³-hybridized carbons (Fsp3) is 0.562. The van der Waals surface area contributed by atoms with Crippen LogP contribution < -0.4 is 5.32 Å². The van der Waals surface area contributed by atoms with Crippen LogP contribution in [-0.4, -0.2) is 57.1 Å². The predicted molar refractivity (Wildman–Crippen MR) is 84.6 cm³/mol. The van der Waals surface area contributed by atoms with Gasteiger partial charge >= 0.3 is 6.03 Å². The minimum atomic E-state index is -0.530. The molecule has 7 heteroatoms. The summed E-state index contributed by atoms with van der Waals surface area (Å²) in [5.41, 5.74) is 1.53. The molecule has 0 radical (unpaired) electrons. The average Bonchev–Trinajstić information content (AvgIpc) is 2.66. The minimum absolute atomic E-state index is 0.0346. The number of aliphatic hydroxyl groups excluding tert-OH is 1. The van der Waals surface area contributed by atoms with Crippen molar-refractivity contribution in [2.24, 2.45) is 5.92 Å². The predicted octanol–water partition coefficient (Wildman–Crippen LogP) is 1.05. The fourth-order valence-corrected chi connectivity index (χ4v) is 3.07. The Morgan fingerprint density at radius 3 is 2.91 bits per heavy atom. The van der Waals surface area contributed by atoms with E-state index >= 15 is 0 Å². The highest BCUT2D eigenvalue weighted by molar-refractivity contribution is 5.98. The van der Waals surface area contributed by atoms with Crippen LogP contribution in [0.4, 0.5) is 10.5 Å². The lowest BCUT2D eigenvalue weighted by Crippen LogP contribution is -2.60. The molecule has 2 N–H and O–H groups in total. The highest BCUT2D eigenvalue weighted by Gasteiger charge is 2.41. The molecule has 3 heterocycles. The van der Waals surface area contributed by atoms with Crippen molar-refractivity contribution < 1.29 is 14.7 Å². The first-order chi connectivity index (χ1) is 11.0. The maximum absolute atomic E-state index is 12.8. The molecule has 0 saturated carbocycles. The van der Waals surface area contributed by atoms with E-state index in [1.165, 1.54) is 0 Å². The Morgan fingerprint density at radius 2 is 2.26 bits per heavy atom. The summed E-state index contributed by atoms with van der Waals surface area (Å²) in [6.07, 6.45) is 3.60. The molecule has 124 valence electrons. The van der Waals surface area contributed by atoms with Gasteiger partial charge in [-0.15, -0.1) is 0 Å². The summed E-state index contributed by atoms with van der Waals surface area (Å²) in [6.45, 7) is 5.00. The number of amides is 3. The number of urea groups is 1. The second kappa shape index (κ2) is 6.16. The van der Waals surface area contributed by atoms with Crippen LogP contribution >= 0.6 is 0 Å². The molecular weight excluding hydrogens is 296 g/mol. The number of aromatic nitrogens is 1. The van der Waals surface area contributed by atoms with Gasteiger partial charge in [-0.3, -0.25) is 9.78 Å². The lowest BCUT2D eigenvalue weighted by atomic mass is 9.96. The van der Waals surface area contributed by atoms with E-state index < -0.39 is 12.1 Å². The van der Waals surface area contributed by atoms with Crippen LogP contribution in [0.25, 0.3) is 0 Å². The number of hydrogen-bond acceptors (Lipinski definition) is 4. The zero-order chi connectivity index (χ0) is 16.6. The number of β-amino-alcohol motifs (C(OH)–C–C–N with tert-alkyl or cyclic N) is 1. The molecule has 3 amide bonds. The Labute approximate surface area is 135 Å². The average molecular weight is 318 g/mol. The second-order valence-corrected chi connectivity index (χ2v) is 6.32. The Bertz CT molecular complexity index is 615. The van der Waals surface area contributed by atoms with Crippen molar-refractivity contribution in [2.45, 2.75) is 39.0 Å². The molecule has 0 bridgehead atoms. The largest absolute Gasteiger partial charge is 0.389 e. The van der Waals surface area contributed by atoms with Gasteiger partial charge in [0.05, 0.1) is 37.6 Å². The van der Waals surface area contributed by atoms with Gasteiger partial charge in [0, 0.05) is 6.20 Å². The minimum Gasteiger partial charge on any atom is -0.389 e. The molecule has 2 aliphatic heterocycles. The van der Waals surface area contributed by atoms with Crippen LogP contribution in [0.2, 0.25) is 0 Å². The maximum atomic E-state index is 12.8. The number of aliphatic hydroxyl groups is 1. The summed E-state index contributed by atoms with van der Waals surface area (Å²) in [7, 11) is 0. The highest BCUT2D eigenvalue weighted by atomic mass is 16.3. The molecule has 0 spiro atoms. The van der Waals surface area contributed by atoms with Crippen LogP contribution in [0.5, 0.6) is 0 Å². The molecule has 7 nitrogen and oxygen atoms in total. The SMILES string of the molecule is CCC(C)C1C(=O)Nc2cnccc2CN1C(=O)N1CC(O)C1. The summed E-state index contributed by atoms with van der Waals surface area (Å²) >= 11 is 0. The molecule has 0 aromatic carbocycles. The number of carbonyl (C=O) groups is 2. The molecule has 1 fully saturated rings. The highest BCUT2D eigenvalue weighted by Crippen LogP contribution is 2.28. The Hall–Kier alpha value is -2.15. The van der Waals surface area contributed by atoms with Crippen molar-refractivity contribution in [1.82, 2.24) is 14.8 Å². The zero-order valence-corrected chi connectivity index (χ0v) is 13.4. The molecule has 1 saturated heterocycles. The Kier molecular flexibility index (Phi) is 4.21. The number of fused-ring (bicyclic) bond motifs is 1. The third-order valence-corrected chi connectivity index (χ3v) is 4.68. The van der Waals surface area contributed by atoms with Gasteiger partial charge in [-0.05, 0) is 17.5 Å². The van der Waals surface area contributed by atoms with Gasteiger partial charge in [0.1, 0.15) is 6.04 Å². The fourth-order valence-electron chi connectivity index (χ4n) is 3.07. The van der Waals surface area contributed by atoms with E-state index in [9.17, 15) is 14.7 Å². The maximum Gasteiger partial charge on any atom is 0.321 e. The van der Waals surface area contributed by atoms with Gasteiger partial charge in [0.25, 0.3) is 0 Å². The molecule has 3 rings (SSSR count). The lowest BCUT2D eigenvalue weighted by molar-refractivity contribution is -0.122. The third-order valence-electron chi connectivity index (χ3n) is 4.68. The molecule has 0 aliphatic carbocycles. The number of anilines is 1.